The normalized spacial score (nSPS) is 15.7. The van der Waals surface area contributed by atoms with Crippen molar-refractivity contribution in [1.82, 2.24) is 9.88 Å². The second-order valence-electron chi connectivity index (χ2n) is 8.70. The molecule has 1 aromatic heterocycles. The van der Waals surface area contributed by atoms with Crippen LogP contribution in [-0.2, 0) is 0 Å². The Kier molecular flexibility index (Phi) is 6.54. The quantitative estimate of drug-likeness (QED) is 0.515. The number of aromatic nitrogens is 1. The standard InChI is InChI=1S/C26H33N2O3/c1-17(2)25-21-15-19(18-9-11-28(12-10-18)13-14-29)5-7-22(21)27-26(25)20-6-8-23(30-3)24(16-20)31-4/h5-8,14-18,27,29H,9-13H2,1-4H3. The van der Waals surface area contributed by atoms with Gasteiger partial charge in [0.05, 0.1) is 26.5 Å². The van der Waals surface area contributed by atoms with Gasteiger partial charge in [-0.25, -0.2) is 0 Å². The molecule has 1 saturated heterocycles. The zero-order valence-corrected chi connectivity index (χ0v) is 18.9. The third-order valence-electron chi connectivity index (χ3n) is 6.51. The van der Waals surface area contributed by atoms with Crippen LogP contribution in [-0.4, -0.2) is 48.8 Å². The lowest BCUT2D eigenvalue weighted by Gasteiger charge is -2.31. The summed E-state index contributed by atoms with van der Waals surface area (Å²) in [5.74, 6) is 2.43. The second-order valence-corrected chi connectivity index (χ2v) is 8.70. The van der Waals surface area contributed by atoms with Gasteiger partial charge in [-0.15, -0.1) is 0 Å². The van der Waals surface area contributed by atoms with Crippen LogP contribution in [0.4, 0.5) is 0 Å². The molecule has 5 heteroatoms. The van der Waals surface area contributed by atoms with Crippen LogP contribution in [0.15, 0.2) is 36.4 Å². The van der Waals surface area contributed by atoms with Crippen LogP contribution in [0.5, 0.6) is 11.5 Å². The van der Waals surface area contributed by atoms with Gasteiger partial charge in [0.1, 0.15) is 0 Å². The van der Waals surface area contributed by atoms with E-state index in [-0.39, 0.29) is 0 Å². The summed E-state index contributed by atoms with van der Waals surface area (Å²) in [6.07, 6.45) is 2.26. The highest BCUT2D eigenvalue weighted by atomic mass is 16.5. The minimum atomic E-state index is 0.383. The molecular formula is C26H33N2O3. The smallest absolute Gasteiger partial charge is 0.161 e. The molecule has 1 aliphatic rings. The summed E-state index contributed by atoms with van der Waals surface area (Å²) >= 11 is 0. The SMILES string of the molecule is COc1ccc(-c2[nH]c3ccc(C4CCN(C[CH]O)CC4)cc3c2C(C)C)cc1OC. The number of likely N-dealkylation sites (tertiary alicyclic amines) is 1. The summed E-state index contributed by atoms with van der Waals surface area (Å²) in [5, 5.41) is 10.4. The van der Waals surface area contributed by atoms with Gasteiger partial charge in [-0.05, 0) is 79.2 Å². The van der Waals surface area contributed by atoms with Crippen molar-refractivity contribution in [1.29, 1.82) is 0 Å². The molecule has 0 bridgehead atoms. The molecule has 0 saturated carbocycles. The van der Waals surface area contributed by atoms with E-state index in [9.17, 15) is 0 Å². The maximum atomic E-state index is 9.08. The van der Waals surface area contributed by atoms with Crippen molar-refractivity contribution in [2.24, 2.45) is 0 Å². The van der Waals surface area contributed by atoms with E-state index in [2.05, 4.69) is 48.0 Å². The minimum Gasteiger partial charge on any atom is -0.493 e. The van der Waals surface area contributed by atoms with Crippen LogP contribution < -0.4 is 9.47 Å². The molecule has 0 spiro atoms. The number of methoxy groups -OCH3 is 2. The number of hydrogen-bond acceptors (Lipinski definition) is 4. The summed E-state index contributed by atoms with van der Waals surface area (Å²) in [6, 6.07) is 13.0. The number of rotatable bonds is 7. The summed E-state index contributed by atoms with van der Waals surface area (Å²) in [7, 11) is 3.33. The van der Waals surface area contributed by atoms with Crippen molar-refractivity contribution < 1.29 is 14.6 Å². The molecule has 1 aliphatic heterocycles. The van der Waals surface area contributed by atoms with Gasteiger partial charge in [0.2, 0.25) is 0 Å². The highest BCUT2D eigenvalue weighted by Gasteiger charge is 2.23. The summed E-state index contributed by atoms with van der Waals surface area (Å²) < 4.78 is 11.0. The number of nitrogens with one attached hydrogen (secondary N) is 1. The average molecular weight is 422 g/mol. The maximum absolute atomic E-state index is 9.08. The van der Waals surface area contributed by atoms with E-state index in [4.69, 9.17) is 14.6 Å². The molecule has 5 nitrogen and oxygen atoms in total. The zero-order valence-electron chi connectivity index (χ0n) is 18.9. The fraction of sp³-hybridized carbons (Fsp3) is 0.423. The molecule has 1 fully saturated rings. The molecular weight excluding hydrogens is 388 g/mol. The fourth-order valence-electron chi connectivity index (χ4n) is 4.87. The van der Waals surface area contributed by atoms with Gasteiger partial charge in [-0.2, -0.15) is 0 Å². The molecule has 2 aromatic carbocycles. The van der Waals surface area contributed by atoms with Gasteiger partial charge < -0.3 is 24.5 Å². The first kappa shape index (κ1) is 21.7. The zero-order chi connectivity index (χ0) is 22.0. The molecule has 0 unspecified atom stereocenters. The predicted octanol–water partition coefficient (Wildman–Crippen LogP) is 5.69. The van der Waals surface area contributed by atoms with Crippen LogP contribution in [0.25, 0.3) is 22.2 Å². The number of ether oxygens (including phenoxy) is 2. The Bertz CT molecular complexity index is 1030. The van der Waals surface area contributed by atoms with Crippen molar-refractivity contribution in [3.63, 3.8) is 0 Å². The third kappa shape index (κ3) is 4.30. The third-order valence-corrected chi connectivity index (χ3v) is 6.51. The number of piperidine rings is 1. The first-order chi connectivity index (χ1) is 15.0. The largest absolute Gasteiger partial charge is 0.493 e. The number of aliphatic hydroxyl groups excluding tert-OH is 1. The Morgan fingerprint density at radius 2 is 1.81 bits per heavy atom. The number of hydrogen-bond donors (Lipinski definition) is 2. The topological polar surface area (TPSA) is 57.7 Å². The van der Waals surface area contributed by atoms with E-state index >= 15 is 0 Å². The van der Waals surface area contributed by atoms with E-state index in [0.29, 0.717) is 18.4 Å². The van der Waals surface area contributed by atoms with E-state index in [0.717, 1.165) is 48.7 Å². The second kappa shape index (κ2) is 9.33. The molecule has 0 aliphatic carbocycles. The first-order valence-electron chi connectivity index (χ1n) is 11.1. The van der Waals surface area contributed by atoms with Crippen LogP contribution >= 0.6 is 0 Å². The van der Waals surface area contributed by atoms with E-state index in [1.807, 2.05) is 12.1 Å². The Balaban J connectivity index is 1.71. The van der Waals surface area contributed by atoms with Crippen molar-refractivity contribution >= 4 is 10.9 Å². The van der Waals surface area contributed by atoms with Gasteiger partial charge in [0.25, 0.3) is 0 Å². The van der Waals surface area contributed by atoms with Gasteiger partial charge in [-0.1, -0.05) is 19.9 Å². The van der Waals surface area contributed by atoms with Crippen LogP contribution in [0.1, 0.15) is 49.7 Å². The van der Waals surface area contributed by atoms with Gasteiger partial charge in [-0.3, -0.25) is 0 Å². The number of aromatic amines is 1. The molecule has 0 atom stereocenters. The number of H-pyrrole nitrogens is 1. The number of nitrogens with zero attached hydrogens (tertiary/aromatic N) is 1. The Labute approximate surface area is 185 Å². The molecule has 1 radical (unpaired) electrons. The Hall–Kier alpha value is -2.50. The summed E-state index contributed by atoms with van der Waals surface area (Å²) in [4.78, 5) is 5.97. The van der Waals surface area contributed by atoms with E-state index in [1.165, 1.54) is 28.6 Å². The lowest BCUT2D eigenvalue weighted by molar-refractivity contribution is 0.196. The number of fused-ring (bicyclic) bond motifs is 1. The monoisotopic (exact) mass is 421 g/mol. The molecule has 3 aromatic rings. The Morgan fingerprint density at radius 1 is 1.06 bits per heavy atom. The maximum Gasteiger partial charge on any atom is 0.161 e. The highest BCUT2D eigenvalue weighted by Crippen LogP contribution is 2.40. The molecule has 0 amide bonds. The van der Waals surface area contributed by atoms with Gasteiger partial charge in [0, 0.05) is 23.0 Å². The molecule has 2 heterocycles. The molecule has 4 rings (SSSR count). The van der Waals surface area contributed by atoms with Crippen molar-refractivity contribution in [2.75, 3.05) is 33.9 Å². The predicted molar refractivity (Wildman–Crippen MR) is 126 cm³/mol. The van der Waals surface area contributed by atoms with Crippen LogP contribution in [0.2, 0.25) is 0 Å². The van der Waals surface area contributed by atoms with Gasteiger partial charge in [0.15, 0.2) is 11.5 Å². The van der Waals surface area contributed by atoms with Crippen LogP contribution in [0.3, 0.4) is 0 Å². The van der Waals surface area contributed by atoms with Crippen molar-refractivity contribution in [2.45, 2.75) is 38.5 Å². The minimum absolute atomic E-state index is 0.383. The van der Waals surface area contributed by atoms with Crippen LogP contribution in [0, 0.1) is 6.61 Å². The number of aliphatic hydroxyl groups is 1. The molecule has 165 valence electrons. The van der Waals surface area contributed by atoms with Crippen molar-refractivity contribution in [3.05, 3.63) is 54.1 Å². The fourth-order valence-corrected chi connectivity index (χ4v) is 4.87. The Morgan fingerprint density at radius 3 is 2.45 bits per heavy atom. The average Bonchev–Trinajstić information content (AvgIpc) is 3.18. The lowest BCUT2D eigenvalue weighted by Crippen LogP contribution is -2.33. The summed E-state index contributed by atoms with van der Waals surface area (Å²) in [6.45, 7) is 8.49. The number of benzene rings is 2. The lowest BCUT2D eigenvalue weighted by atomic mass is 9.87. The molecule has 2 N–H and O–H groups in total. The first-order valence-corrected chi connectivity index (χ1v) is 11.1. The summed E-state index contributed by atoms with van der Waals surface area (Å²) in [5.41, 5.74) is 6.19. The highest BCUT2D eigenvalue weighted by molar-refractivity contribution is 5.92. The molecule has 31 heavy (non-hydrogen) atoms. The van der Waals surface area contributed by atoms with Crippen molar-refractivity contribution in [3.8, 4) is 22.8 Å². The van der Waals surface area contributed by atoms with E-state index < -0.39 is 0 Å². The van der Waals surface area contributed by atoms with E-state index in [1.54, 1.807) is 14.2 Å². The van der Waals surface area contributed by atoms with Gasteiger partial charge >= 0.3 is 0 Å².